The maximum absolute atomic E-state index is 12.7. The lowest BCUT2D eigenvalue weighted by molar-refractivity contribution is -0.896. The summed E-state index contributed by atoms with van der Waals surface area (Å²) in [6, 6.07) is 8.09. The zero-order valence-electron chi connectivity index (χ0n) is 19.2. The molecule has 0 aliphatic rings. The second-order valence-electron chi connectivity index (χ2n) is 8.39. The molecule has 0 atom stereocenters. The number of H-pyrrole nitrogens is 1. The second-order valence-corrected chi connectivity index (χ2v) is 8.77. The highest BCUT2D eigenvalue weighted by Gasteiger charge is 2.15. The number of benzene rings is 1. The van der Waals surface area contributed by atoms with Crippen LogP contribution in [0.1, 0.15) is 31.4 Å². The van der Waals surface area contributed by atoms with Gasteiger partial charge in [0.25, 0.3) is 5.56 Å². The molecule has 0 bridgehead atoms. The topological polar surface area (TPSA) is 57.0 Å². The summed E-state index contributed by atoms with van der Waals surface area (Å²) in [4.78, 5) is 20.8. The Morgan fingerprint density at radius 3 is 2.57 bits per heavy atom. The van der Waals surface area contributed by atoms with Crippen molar-refractivity contribution in [2.24, 2.45) is 0 Å². The van der Waals surface area contributed by atoms with Crippen molar-refractivity contribution in [2.45, 2.75) is 33.7 Å². The number of aryl methyl sites for hydroxylation is 1. The molecule has 0 aliphatic carbocycles. The minimum Gasteiger partial charge on any atom is -0.362 e. The molecule has 1 aromatic heterocycles. The fourth-order valence-electron chi connectivity index (χ4n) is 3.55. The highest BCUT2D eigenvalue weighted by atomic mass is 32.1. The highest BCUT2D eigenvalue weighted by Crippen LogP contribution is 2.14. The summed E-state index contributed by atoms with van der Waals surface area (Å²) in [5.74, 6) is 0. The van der Waals surface area contributed by atoms with Crippen LogP contribution in [0.4, 0.5) is 0 Å². The third-order valence-corrected chi connectivity index (χ3v) is 5.99. The van der Waals surface area contributed by atoms with Gasteiger partial charge < -0.3 is 25.0 Å². The molecule has 4 N–H and O–H groups in total. The van der Waals surface area contributed by atoms with Gasteiger partial charge in [-0.3, -0.25) is 4.79 Å². The van der Waals surface area contributed by atoms with Crippen LogP contribution in [0.2, 0.25) is 0 Å². The number of thiocarbonyl (C=S) groups is 1. The summed E-state index contributed by atoms with van der Waals surface area (Å²) in [7, 11) is 4.26. The molecule has 166 valence electrons. The molecule has 30 heavy (non-hydrogen) atoms. The minimum atomic E-state index is -0.0403. The monoisotopic (exact) mass is 433 g/mol. The Kier molecular flexibility index (Phi) is 9.75. The van der Waals surface area contributed by atoms with Gasteiger partial charge in [0, 0.05) is 24.0 Å². The van der Waals surface area contributed by atoms with Crippen LogP contribution < -0.4 is 20.7 Å². The molecule has 2 aromatic rings. The van der Waals surface area contributed by atoms with E-state index in [4.69, 9.17) is 12.2 Å². The molecule has 1 aromatic carbocycles. The first-order chi connectivity index (χ1) is 14.3. The number of fused-ring (bicyclic) bond motifs is 1. The zero-order chi connectivity index (χ0) is 22.1. The number of hydrogen-bond donors (Lipinski definition) is 4. The van der Waals surface area contributed by atoms with Gasteiger partial charge in [-0.1, -0.05) is 11.6 Å². The molecule has 1 heterocycles. The van der Waals surface area contributed by atoms with Crippen molar-refractivity contribution in [2.75, 3.05) is 53.4 Å². The van der Waals surface area contributed by atoms with Crippen LogP contribution in [0.25, 0.3) is 10.9 Å². The van der Waals surface area contributed by atoms with E-state index in [2.05, 4.69) is 56.1 Å². The molecule has 0 fully saturated rings. The predicted molar refractivity (Wildman–Crippen MR) is 130 cm³/mol. The third kappa shape index (κ3) is 7.38. The van der Waals surface area contributed by atoms with Gasteiger partial charge >= 0.3 is 0 Å². The number of rotatable bonds is 11. The van der Waals surface area contributed by atoms with E-state index in [0.29, 0.717) is 6.54 Å². The van der Waals surface area contributed by atoms with Crippen molar-refractivity contribution in [3.63, 3.8) is 0 Å². The maximum Gasteiger partial charge on any atom is 0.253 e. The lowest BCUT2D eigenvalue weighted by Crippen LogP contribution is -3.11. The number of nitrogens with one attached hydrogen (secondary N) is 4. The first-order valence-corrected chi connectivity index (χ1v) is 11.5. The summed E-state index contributed by atoms with van der Waals surface area (Å²) in [6.45, 7) is 13.1. The van der Waals surface area contributed by atoms with Crippen LogP contribution in [0.5, 0.6) is 0 Å². The average molecular weight is 434 g/mol. The number of quaternary nitrogens is 2. The van der Waals surface area contributed by atoms with Crippen molar-refractivity contribution in [1.29, 1.82) is 0 Å². The van der Waals surface area contributed by atoms with Crippen molar-refractivity contribution in [1.82, 2.24) is 15.2 Å². The lowest BCUT2D eigenvalue weighted by Gasteiger charge is -2.26. The predicted octanol–water partition coefficient (Wildman–Crippen LogP) is -0.0277. The standard InChI is InChI=1S/C23H37N5OS/c1-6-27(7-2)12-8-11-24-23(30)28(14-13-26(4)5)17-20-16-19-15-18(3)9-10-21(19)25-22(20)29/h9-10,15-16H,6-8,11-14,17H2,1-5H3,(H,24,30)(H,25,29)/p+2. The molecule has 6 nitrogen and oxygen atoms in total. The SMILES string of the molecule is CC[NH+](CC)CCCNC(=S)N(CC[NH+](C)C)Cc1cc2cc(C)ccc2[nH]c1=O. The van der Waals surface area contributed by atoms with Crippen molar-refractivity contribution in [3.8, 4) is 0 Å². The van der Waals surface area contributed by atoms with Crippen LogP contribution in [-0.4, -0.2) is 68.4 Å². The number of pyridine rings is 1. The summed E-state index contributed by atoms with van der Waals surface area (Å²) in [5, 5.41) is 5.21. The van der Waals surface area contributed by atoms with Crippen molar-refractivity contribution in [3.05, 3.63) is 45.7 Å². The Hall–Kier alpha value is -1.96. The van der Waals surface area contributed by atoms with Gasteiger partial charge in [0.2, 0.25) is 0 Å². The number of hydrogen-bond acceptors (Lipinski definition) is 2. The van der Waals surface area contributed by atoms with E-state index in [1.54, 1.807) is 4.90 Å². The molecule has 0 saturated heterocycles. The molecular weight excluding hydrogens is 394 g/mol. The van der Waals surface area contributed by atoms with Gasteiger partial charge in [-0.2, -0.15) is 0 Å². The van der Waals surface area contributed by atoms with Crippen LogP contribution >= 0.6 is 12.2 Å². The van der Waals surface area contributed by atoms with E-state index >= 15 is 0 Å². The van der Waals surface area contributed by atoms with Gasteiger partial charge in [-0.15, -0.1) is 0 Å². The summed E-state index contributed by atoms with van der Waals surface area (Å²) in [5.41, 5.74) is 2.76. The Morgan fingerprint density at radius 1 is 1.17 bits per heavy atom. The minimum absolute atomic E-state index is 0.0403. The molecule has 0 saturated carbocycles. The highest BCUT2D eigenvalue weighted by molar-refractivity contribution is 7.80. The summed E-state index contributed by atoms with van der Waals surface area (Å²) >= 11 is 5.71. The maximum atomic E-state index is 12.7. The van der Waals surface area contributed by atoms with E-state index in [1.807, 2.05) is 18.2 Å². The number of aromatic nitrogens is 1. The smallest absolute Gasteiger partial charge is 0.253 e. The van der Waals surface area contributed by atoms with E-state index < -0.39 is 0 Å². The summed E-state index contributed by atoms with van der Waals surface area (Å²) in [6.07, 6.45) is 1.08. The normalized spacial score (nSPS) is 11.4. The largest absolute Gasteiger partial charge is 0.362 e. The van der Waals surface area contributed by atoms with Crippen molar-refractivity contribution < 1.29 is 9.80 Å². The van der Waals surface area contributed by atoms with Crippen LogP contribution in [0.15, 0.2) is 29.1 Å². The zero-order valence-corrected chi connectivity index (χ0v) is 20.0. The van der Waals surface area contributed by atoms with Crippen LogP contribution in [0.3, 0.4) is 0 Å². The molecule has 0 aliphatic heterocycles. The molecule has 0 radical (unpaired) electrons. The summed E-state index contributed by atoms with van der Waals surface area (Å²) < 4.78 is 0. The van der Waals surface area contributed by atoms with Gasteiger partial charge in [0.05, 0.1) is 53.4 Å². The van der Waals surface area contributed by atoms with Crippen LogP contribution in [0, 0.1) is 6.92 Å². The number of likely N-dealkylation sites (N-methyl/N-ethyl adjacent to an activating group) is 1. The fraction of sp³-hybridized carbons (Fsp3) is 0.565. The molecule has 0 unspecified atom stereocenters. The molecule has 2 rings (SSSR count). The molecule has 0 amide bonds. The quantitative estimate of drug-likeness (QED) is 0.297. The van der Waals surface area contributed by atoms with Crippen LogP contribution in [-0.2, 0) is 6.54 Å². The van der Waals surface area contributed by atoms with Gasteiger partial charge in [0.15, 0.2) is 5.11 Å². The third-order valence-electron chi connectivity index (χ3n) is 5.59. The molecule has 7 heteroatoms. The van der Waals surface area contributed by atoms with E-state index in [9.17, 15) is 4.79 Å². The van der Waals surface area contributed by atoms with E-state index in [1.165, 1.54) is 10.5 Å². The Bertz CT molecular complexity index is 876. The van der Waals surface area contributed by atoms with Gasteiger partial charge in [0.1, 0.15) is 0 Å². The first kappa shape index (κ1) is 24.3. The molecular formula is C23H39N5OS+2. The van der Waals surface area contributed by atoms with Gasteiger partial charge in [-0.05, 0) is 56.6 Å². The number of nitrogens with zero attached hydrogens (tertiary/aromatic N) is 1. The van der Waals surface area contributed by atoms with Gasteiger partial charge in [-0.25, -0.2) is 0 Å². The average Bonchev–Trinajstić information content (AvgIpc) is 2.71. The lowest BCUT2D eigenvalue weighted by atomic mass is 10.1. The first-order valence-electron chi connectivity index (χ1n) is 11.1. The number of aromatic amines is 1. The Morgan fingerprint density at radius 2 is 1.90 bits per heavy atom. The Labute approximate surface area is 186 Å². The second kappa shape index (κ2) is 12.0. The Balaban J connectivity index is 2.08. The van der Waals surface area contributed by atoms with E-state index in [0.717, 1.165) is 67.3 Å². The fourth-order valence-corrected chi connectivity index (χ4v) is 3.81. The van der Waals surface area contributed by atoms with E-state index in [-0.39, 0.29) is 5.56 Å². The molecule has 0 spiro atoms. The van der Waals surface area contributed by atoms with Crippen molar-refractivity contribution >= 4 is 28.2 Å².